The molecule has 3 aromatic carbocycles. The Bertz CT molecular complexity index is 1370. The molecule has 0 atom stereocenters. The standard InChI is InChI=1S/C24H16ClN5O4S/c25-18-10-8-17(9-11-18)23(33)34-19-12-6-15(7-13-19)14-26-28-21(32)20(31)27-24-30-29-22(35-24)16-4-2-1-3-5-16/h1-14H,(H,28,32)(H,27,30,31)/b26-14+. The highest BCUT2D eigenvalue weighted by molar-refractivity contribution is 7.18. The average Bonchev–Trinajstić information content (AvgIpc) is 3.34. The van der Waals surface area contributed by atoms with Crippen molar-refractivity contribution in [2.24, 2.45) is 5.10 Å². The van der Waals surface area contributed by atoms with E-state index in [1.807, 2.05) is 30.3 Å². The molecule has 9 nitrogen and oxygen atoms in total. The van der Waals surface area contributed by atoms with Crippen LogP contribution in [-0.4, -0.2) is 34.2 Å². The smallest absolute Gasteiger partial charge is 0.343 e. The van der Waals surface area contributed by atoms with Gasteiger partial charge in [-0.3, -0.25) is 14.9 Å². The van der Waals surface area contributed by atoms with Gasteiger partial charge in [0.15, 0.2) is 0 Å². The van der Waals surface area contributed by atoms with E-state index >= 15 is 0 Å². The van der Waals surface area contributed by atoms with Crippen LogP contribution < -0.4 is 15.5 Å². The second-order valence-electron chi connectivity index (χ2n) is 6.90. The van der Waals surface area contributed by atoms with E-state index in [-0.39, 0.29) is 5.13 Å². The summed E-state index contributed by atoms with van der Waals surface area (Å²) in [6, 6.07) is 22.1. The lowest BCUT2D eigenvalue weighted by Crippen LogP contribution is -2.32. The van der Waals surface area contributed by atoms with Crippen LogP contribution in [0.25, 0.3) is 10.6 Å². The fourth-order valence-electron chi connectivity index (χ4n) is 2.72. The van der Waals surface area contributed by atoms with Gasteiger partial charge in [-0.05, 0) is 54.1 Å². The highest BCUT2D eigenvalue weighted by atomic mass is 35.5. The lowest BCUT2D eigenvalue weighted by atomic mass is 10.2. The fourth-order valence-corrected chi connectivity index (χ4v) is 3.59. The van der Waals surface area contributed by atoms with Crippen LogP contribution in [0.5, 0.6) is 5.75 Å². The Hall–Kier alpha value is -4.41. The molecule has 11 heteroatoms. The average molecular weight is 506 g/mol. The molecule has 174 valence electrons. The van der Waals surface area contributed by atoms with Crippen molar-refractivity contribution < 1.29 is 19.1 Å². The molecule has 0 aliphatic rings. The molecule has 0 saturated heterocycles. The Labute approximate surface area is 208 Å². The molecule has 1 aromatic heterocycles. The van der Waals surface area contributed by atoms with E-state index in [1.54, 1.807) is 48.5 Å². The molecule has 4 aromatic rings. The topological polar surface area (TPSA) is 123 Å². The van der Waals surface area contributed by atoms with Gasteiger partial charge in [-0.25, -0.2) is 10.2 Å². The van der Waals surface area contributed by atoms with Crippen molar-refractivity contribution in [3.63, 3.8) is 0 Å². The summed E-state index contributed by atoms with van der Waals surface area (Å²) in [5.41, 5.74) is 3.97. The summed E-state index contributed by atoms with van der Waals surface area (Å²) in [5, 5.41) is 15.3. The number of hydrazone groups is 1. The third-order valence-electron chi connectivity index (χ3n) is 4.42. The predicted molar refractivity (Wildman–Crippen MR) is 133 cm³/mol. The van der Waals surface area contributed by atoms with Crippen LogP contribution in [0.1, 0.15) is 15.9 Å². The van der Waals surface area contributed by atoms with Crippen LogP contribution in [0.15, 0.2) is 84.0 Å². The van der Waals surface area contributed by atoms with Crippen LogP contribution in [0.4, 0.5) is 5.13 Å². The number of hydrogen-bond acceptors (Lipinski definition) is 8. The number of hydrogen-bond donors (Lipinski definition) is 2. The normalized spacial score (nSPS) is 10.7. The number of aromatic nitrogens is 2. The summed E-state index contributed by atoms with van der Waals surface area (Å²) >= 11 is 6.96. The minimum atomic E-state index is -0.966. The highest BCUT2D eigenvalue weighted by Gasteiger charge is 2.16. The Balaban J connectivity index is 1.26. The third-order valence-corrected chi connectivity index (χ3v) is 5.56. The maximum atomic E-state index is 12.1. The van der Waals surface area contributed by atoms with E-state index in [1.165, 1.54) is 6.21 Å². The predicted octanol–water partition coefficient (Wildman–Crippen LogP) is 4.17. The van der Waals surface area contributed by atoms with E-state index in [0.29, 0.717) is 26.9 Å². The molecule has 0 aliphatic carbocycles. The zero-order chi connectivity index (χ0) is 24.6. The lowest BCUT2D eigenvalue weighted by Gasteiger charge is -2.04. The summed E-state index contributed by atoms with van der Waals surface area (Å²) in [4.78, 5) is 36.2. The number of anilines is 1. The maximum Gasteiger partial charge on any atom is 0.343 e. The van der Waals surface area contributed by atoms with E-state index in [9.17, 15) is 14.4 Å². The van der Waals surface area contributed by atoms with Gasteiger partial charge in [-0.1, -0.05) is 53.3 Å². The molecule has 2 N–H and O–H groups in total. The number of amides is 2. The largest absolute Gasteiger partial charge is 0.423 e. The Morgan fingerprint density at radius 3 is 2.31 bits per heavy atom. The molecule has 2 amide bonds. The van der Waals surface area contributed by atoms with Crippen LogP contribution >= 0.6 is 22.9 Å². The number of esters is 1. The van der Waals surface area contributed by atoms with E-state index < -0.39 is 17.8 Å². The van der Waals surface area contributed by atoms with E-state index in [4.69, 9.17) is 16.3 Å². The Morgan fingerprint density at radius 2 is 1.60 bits per heavy atom. The van der Waals surface area contributed by atoms with Crippen molar-refractivity contribution in [1.29, 1.82) is 0 Å². The number of nitrogens with zero attached hydrogens (tertiary/aromatic N) is 3. The summed E-state index contributed by atoms with van der Waals surface area (Å²) < 4.78 is 5.30. The minimum Gasteiger partial charge on any atom is -0.423 e. The first-order valence-corrected chi connectivity index (χ1v) is 11.3. The van der Waals surface area contributed by atoms with Gasteiger partial charge in [0.05, 0.1) is 11.8 Å². The molecule has 0 unspecified atom stereocenters. The molecule has 35 heavy (non-hydrogen) atoms. The zero-order valence-corrected chi connectivity index (χ0v) is 19.4. The van der Waals surface area contributed by atoms with Crippen LogP contribution in [-0.2, 0) is 9.59 Å². The van der Waals surface area contributed by atoms with Crippen molar-refractivity contribution >= 4 is 52.1 Å². The minimum absolute atomic E-state index is 0.191. The molecule has 0 bridgehead atoms. The first-order chi connectivity index (χ1) is 17.0. The fraction of sp³-hybridized carbons (Fsp3) is 0. The van der Waals surface area contributed by atoms with Crippen molar-refractivity contribution in [3.8, 4) is 16.3 Å². The van der Waals surface area contributed by atoms with Crippen molar-refractivity contribution in [3.05, 3.63) is 95.0 Å². The van der Waals surface area contributed by atoms with Gasteiger partial charge >= 0.3 is 17.8 Å². The zero-order valence-electron chi connectivity index (χ0n) is 17.8. The van der Waals surface area contributed by atoms with Gasteiger partial charge in [0.25, 0.3) is 0 Å². The molecule has 4 rings (SSSR count). The number of benzene rings is 3. The summed E-state index contributed by atoms with van der Waals surface area (Å²) in [7, 11) is 0. The number of carbonyl (C=O) groups is 3. The first-order valence-electron chi connectivity index (χ1n) is 10.1. The Kier molecular flexibility index (Phi) is 7.56. The molecular weight excluding hydrogens is 490 g/mol. The second kappa shape index (κ2) is 11.1. The first kappa shape index (κ1) is 23.7. The van der Waals surface area contributed by atoms with Gasteiger partial charge in [0, 0.05) is 10.6 Å². The van der Waals surface area contributed by atoms with Gasteiger partial charge in [-0.15, -0.1) is 10.2 Å². The van der Waals surface area contributed by atoms with E-state index in [0.717, 1.165) is 16.9 Å². The maximum absolute atomic E-state index is 12.1. The molecule has 0 radical (unpaired) electrons. The molecule has 0 aliphatic heterocycles. The Morgan fingerprint density at radius 1 is 0.886 bits per heavy atom. The number of rotatable bonds is 6. The quantitative estimate of drug-likeness (QED) is 0.133. The van der Waals surface area contributed by atoms with Crippen molar-refractivity contribution in [2.75, 3.05) is 5.32 Å². The molecule has 1 heterocycles. The van der Waals surface area contributed by atoms with Crippen molar-refractivity contribution in [2.45, 2.75) is 0 Å². The van der Waals surface area contributed by atoms with Gasteiger partial charge < -0.3 is 4.74 Å². The SMILES string of the molecule is O=C(N/N=C/c1ccc(OC(=O)c2ccc(Cl)cc2)cc1)C(=O)Nc1nnc(-c2ccccc2)s1. The molecule has 0 saturated carbocycles. The van der Waals surface area contributed by atoms with Gasteiger partial charge in [0.2, 0.25) is 5.13 Å². The summed E-state index contributed by atoms with van der Waals surface area (Å²) in [5.74, 6) is -2.08. The highest BCUT2D eigenvalue weighted by Crippen LogP contribution is 2.25. The van der Waals surface area contributed by atoms with Gasteiger partial charge in [-0.2, -0.15) is 5.10 Å². The second-order valence-corrected chi connectivity index (χ2v) is 8.31. The number of nitrogens with one attached hydrogen (secondary N) is 2. The molecule has 0 spiro atoms. The molecular formula is C24H16ClN5O4S. The van der Waals surface area contributed by atoms with Crippen LogP contribution in [0.3, 0.4) is 0 Å². The lowest BCUT2D eigenvalue weighted by molar-refractivity contribution is -0.136. The molecule has 0 fully saturated rings. The summed E-state index contributed by atoms with van der Waals surface area (Å²) in [6.07, 6.45) is 1.34. The number of halogens is 1. The third kappa shape index (κ3) is 6.56. The summed E-state index contributed by atoms with van der Waals surface area (Å²) in [6.45, 7) is 0. The van der Waals surface area contributed by atoms with Gasteiger partial charge in [0.1, 0.15) is 10.8 Å². The van der Waals surface area contributed by atoms with Crippen molar-refractivity contribution in [1.82, 2.24) is 15.6 Å². The number of ether oxygens (including phenoxy) is 1. The monoisotopic (exact) mass is 505 g/mol. The number of carbonyl (C=O) groups excluding carboxylic acids is 3. The van der Waals surface area contributed by atoms with E-state index in [2.05, 4.69) is 26.0 Å². The van der Waals surface area contributed by atoms with Crippen LogP contribution in [0, 0.1) is 0 Å². The van der Waals surface area contributed by atoms with Crippen LogP contribution in [0.2, 0.25) is 5.02 Å².